The summed E-state index contributed by atoms with van der Waals surface area (Å²) >= 11 is 0. The molecule has 0 saturated carbocycles. The first-order chi connectivity index (χ1) is 16.5. The normalized spacial score (nSPS) is 18.9. The molecule has 2 heterocycles. The third-order valence-electron chi connectivity index (χ3n) is 6.31. The van der Waals surface area contributed by atoms with Crippen LogP contribution in [0.3, 0.4) is 0 Å². The Bertz CT molecular complexity index is 1020. The average Bonchev–Trinajstić information content (AvgIpc) is 3.29. The van der Waals surface area contributed by atoms with Gasteiger partial charge < -0.3 is 19.3 Å². The molecule has 2 aromatic carbocycles. The zero-order chi connectivity index (χ0) is 23.8. The average molecular weight is 466 g/mol. The quantitative estimate of drug-likeness (QED) is 0.487. The van der Waals surface area contributed by atoms with Gasteiger partial charge in [0.2, 0.25) is 0 Å². The lowest BCUT2D eigenvalue weighted by atomic mass is 9.96. The molecule has 0 amide bonds. The minimum Gasteiger partial charge on any atom is -0.493 e. The number of benzene rings is 2. The van der Waals surface area contributed by atoms with Crippen LogP contribution in [0.4, 0.5) is 0 Å². The van der Waals surface area contributed by atoms with Crippen LogP contribution in [0.25, 0.3) is 0 Å². The van der Waals surface area contributed by atoms with Gasteiger partial charge in [-0.15, -0.1) is 0 Å². The number of rotatable bonds is 10. The molecule has 1 atom stereocenters. The Labute approximate surface area is 201 Å². The van der Waals surface area contributed by atoms with Crippen molar-refractivity contribution in [3.05, 3.63) is 72.1 Å². The third kappa shape index (κ3) is 6.74. The molecule has 0 aliphatic carbocycles. The number of aliphatic hydroxyl groups is 1. The van der Waals surface area contributed by atoms with Gasteiger partial charge in [0.25, 0.3) is 0 Å². The molecule has 1 N–H and O–H groups in total. The Kier molecular flexibility index (Phi) is 8.08. The number of aryl methyl sites for hydroxylation is 1. The fourth-order valence-electron chi connectivity index (χ4n) is 4.26. The van der Waals surface area contributed by atoms with E-state index in [4.69, 9.17) is 14.2 Å². The standard InChI is InChI=1S/C27H35N3O4/c1-22-5-8-24(9-6-22)34-21-27(31)11-3-14-29(16-12-27)20-23-7-10-25(26(19-23)32-2)33-18-17-30-15-4-13-28-30/h4-10,13,15,19,31H,3,11-12,14,16-18,20-21H2,1-2H3/t27-/m1/s1. The topological polar surface area (TPSA) is 69.0 Å². The van der Waals surface area contributed by atoms with Gasteiger partial charge in [0.15, 0.2) is 11.5 Å². The van der Waals surface area contributed by atoms with Crippen LogP contribution in [-0.4, -0.2) is 58.8 Å². The van der Waals surface area contributed by atoms with Gasteiger partial charge in [-0.05, 0) is 68.6 Å². The van der Waals surface area contributed by atoms with Crippen LogP contribution in [0.2, 0.25) is 0 Å². The molecule has 0 unspecified atom stereocenters. The van der Waals surface area contributed by atoms with Crippen LogP contribution in [0.1, 0.15) is 30.4 Å². The molecule has 0 spiro atoms. The van der Waals surface area contributed by atoms with Crippen molar-refractivity contribution in [3.63, 3.8) is 0 Å². The first kappa shape index (κ1) is 24.1. The highest BCUT2D eigenvalue weighted by molar-refractivity contribution is 5.43. The summed E-state index contributed by atoms with van der Waals surface area (Å²) in [5.41, 5.74) is 1.56. The van der Waals surface area contributed by atoms with Crippen molar-refractivity contribution in [3.8, 4) is 17.2 Å². The van der Waals surface area contributed by atoms with Crippen molar-refractivity contribution in [1.82, 2.24) is 14.7 Å². The van der Waals surface area contributed by atoms with Crippen LogP contribution in [-0.2, 0) is 13.1 Å². The minimum atomic E-state index is -0.802. The van der Waals surface area contributed by atoms with Crippen LogP contribution >= 0.6 is 0 Å². The van der Waals surface area contributed by atoms with Gasteiger partial charge in [-0.3, -0.25) is 9.58 Å². The van der Waals surface area contributed by atoms with Crippen molar-refractivity contribution in [2.45, 2.75) is 44.9 Å². The fourth-order valence-corrected chi connectivity index (χ4v) is 4.26. The van der Waals surface area contributed by atoms with Gasteiger partial charge in [0, 0.05) is 25.5 Å². The van der Waals surface area contributed by atoms with E-state index in [1.807, 2.05) is 53.3 Å². The van der Waals surface area contributed by atoms with E-state index in [1.165, 1.54) is 5.56 Å². The van der Waals surface area contributed by atoms with Gasteiger partial charge >= 0.3 is 0 Å². The van der Waals surface area contributed by atoms with Crippen LogP contribution < -0.4 is 14.2 Å². The van der Waals surface area contributed by atoms with Crippen molar-refractivity contribution in [2.75, 3.05) is 33.4 Å². The minimum absolute atomic E-state index is 0.322. The number of hydrogen-bond donors (Lipinski definition) is 1. The Morgan fingerprint density at radius 3 is 2.65 bits per heavy atom. The van der Waals surface area contributed by atoms with E-state index in [2.05, 4.69) is 23.0 Å². The lowest BCUT2D eigenvalue weighted by molar-refractivity contribution is -0.0168. The maximum absolute atomic E-state index is 11.1. The van der Waals surface area contributed by atoms with E-state index in [0.29, 0.717) is 26.2 Å². The molecule has 0 radical (unpaired) electrons. The zero-order valence-corrected chi connectivity index (χ0v) is 20.2. The van der Waals surface area contributed by atoms with Crippen LogP contribution in [0, 0.1) is 6.92 Å². The Morgan fingerprint density at radius 2 is 1.88 bits per heavy atom. The monoisotopic (exact) mass is 465 g/mol. The summed E-state index contributed by atoms with van der Waals surface area (Å²) in [6, 6.07) is 16.0. The first-order valence-electron chi connectivity index (χ1n) is 11.9. The molecular weight excluding hydrogens is 430 g/mol. The molecule has 3 aromatic rings. The van der Waals surface area contributed by atoms with E-state index in [9.17, 15) is 5.11 Å². The van der Waals surface area contributed by atoms with E-state index >= 15 is 0 Å². The number of nitrogens with zero attached hydrogens (tertiary/aromatic N) is 3. The highest BCUT2D eigenvalue weighted by Gasteiger charge is 2.31. The van der Waals surface area contributed by atoms with E-state index < -0.39 is 5.60 Å². The lowest BCUT2D eigenvalue weighted by Gasteiger charge is -2.27. The molecule has 34 heavy (non-hydrogen) atoms. The smallest absolute Gasteiger partial charge is 0.161 e. The first-order valence-corrected chi connectivity index (χ1v) is 11.9. The maximum Gasteiger partial charge on any atom is 0.161 e. The number of aromatic nitrogens is 2. The van der Waals surface area contributed by atoms with Crippen molar-refractivity contribution in [1.29, 1.82) is 0 Å². The second-order valence-corrected chi connectivity index (χ2v) is 9.06. The molecule has 1 aliphatic rings. The number of likely N-dealkylation sites (tertiary alicyclic amines) is 1. The van der Waals surface area contributed by atoms with E-state index in [0.717, 1.165) is 55.3 Å². The second-order valence-electron chi connectivity index (χ2n) is 9.06. The van der Waals surface area contributed by atoms with E-state index in [1.54, 1.807) is 13.3 Å². The molecule has 182 valence electrons. The van der Waals surface area contributed by atoms with Gasteiger partial charge in [0.05, 0.1) is 19.3 Å². The molecule has 0 bridgehead atoms. The molecule has 1 aromatic heterocycles. The highest BCUT2D eigenvalue weighted by Crippen LogP contribution is 2.30. The molecule has 7 heteroatoms. The lowest BCUT2D eigenvalue weighted by Crippen LogP contribution is -2.37. The largest absolute Gasteiger partial charge is 0.493 e. The van der Waals surface area contributed by atoms with Crippen molar-refractivity contribution < 1.29 is 19.3 Å². The Morgan fingerprint density at radius 1 is 1.03 bits per heavy atom. The second kappa shape index (κ2) is 11.4. The Balaban J connectivity index is 1.28. The Hall–Kier alpha value is -3.03. The molecule has 4 rings (SSSR count). The van der Waals surface area contributed by atoms with Crippen molar-refractivity contribution >= 4 is 0 Å². The van der Waals surface area contributed by atoms with Crippen LogP contribution in [0.5, 0.6) is 17.2 Å². The number of ether oxygens (including phenoxy) is 3. The van der Waals surface area contributed by atoms with Gasteiger partial charge in [-0.2, -0.15) is 5.10 Å². The summed E-state index contributed by atoms with van der Waals surface area (Å²) in [7, 11) is 1.67. The predicted molar refractivity (Wildman–Crippen MR) is 131 cm³/mol. The maximum atomic E-state index is 11.1. The fraction of sp³-hybridized carbons (Fsp3) is 0.444. The summed E-state index contributed by atoms with van der Waals surface area (Å²) in [4.78, 5) is 2.39. The SMILES string of the molecule is COc1cc(CN2CCC[C@](O)(COc3ccc(C)cc3)CC2)ccc1OCCn1cccn1. The summed E-state index contributed by atoms with van der Waals surface area (Å²) in [6.45, 7) is 6.14. The highest BCUT2D eigenvalue weighted by atomic mass is 16.5. The predicted octanol–water partition coefficient (Wildman–Crippen LogP) is 4.08. The summed E-state index contributed by atoms with van der Waals surface area (Å²) in [6.07, 6.45) is 6.03. The van der Waals surface area contributed by atoms with Gasteiger partial charge in [-0.1, -0.05) is 23.8 Å². The molecular formula is C27H35N3O4. The summed E-state index contributed by atoms with van der Waals surface area (Å²) in [5, 5.41) is 15.3. The summed E-state index contributed by atoms with van der Waals surface area (Å²) in [5.74, 6) is 2.27. The van der Waals surface area contributed by atoms with E-state index in [-0.39, 0.29) is 0 Å². The third-order valence-corrected chi connectivity index (χ3v) is 6.31. The van der Waals surface area contributed by atoms with Crippen LogP contribution in [0.15, 0.2) is 60.9 Å². The molecule has 1 saturated heterocycles. The summed E-state index contributed by atoms with van der Waals surface area (Å²) < 4.78 is 19.2. The molecule has 7 nitrogen and oxygen atoms in total. The van der Waals surface area contributed by atoms with Gasteiger partial charge in [-0.25, -0.2) is 0 Å². The number of methoxy groups -OCH3 is 1. The number of hydrogen-bond acceptors (Lipinski definition) is 6. The molecule has 1 aliphatic heterocycles. The zero-order valence-electron chi connectivity index (χ0n) is 20.2. The van der Waals surface area contributed by atoms with Gasteiger partial charge in [0.1, 0.15) is 19.0 Å². The molecule has 1 fully saturated rings. The van der Waals surface area contributed by atoms with Crippen molar-refractivity contribution in [2.24, 2.45) is 0 Å².